The first-order valence-electron chi connectivity index (χ1n) is 4.26. The fraction of sp³-hybridized carbons (Fsp3) is 0.273. The molecular weight excluding hydrogens is 263 g/mol. The summed E-state index contributed by atoms with van der Waals surface area (Å²) in [6.45, 7) is 0. The van der Waals surface area contributed by atoms with Crippen molar-refractivity contribution >= 4 is 27.5 Å². The predicted molar refractivity (Wildman–Crippen MR) is 62.5 cm³/mol. The third-order valence-corrected chi connectivity index (χ3v) is 2.46. The molecule has 0 spiro atoms. The van der Waals surface area contributed by atoms with Crippen LogP contribution in [0.1, 0.15) is 12.0 Å². The van der Waals surface area contributed by atoms with Gasteiger partial charge in [0.1, 0.15) is 6.10 Å². The van der Waals surface area contributed by atoms with Gasteiger partial charge in [0.05, 0.1) is 0 Å². The summed E-state index contributed by atoms with van der Waals surface area (Å²) in [4.78, 5) is 2.50. The topological polar surface area (TPSA) is 20.2 Å². The van der Waals surface area contributed by atoms with E-state index in [4.69, 9.17) is 11.6 Å². The molecule has 3 heteroatoms. The maximum Gasteiger partial charge on any atom is 0.115 e. The van der Waals surface area contributed by atoms with Crippen LogP contribution in [0.4, 0.5) is 0 Å². The van der Waals surface area contributed by atoms with Crippen molar-refractivity contribution in [2.45, 2.75) is 18.9 Å². The molecule has 0 bridgehead atoms. The Labute approximate surface area is 97.2 Å². The highest BCUT2D eigenvalue weighted by Gasteiger charge is 2.02. The van der Waals surface area contributed by atoms with Crippen molar-refractivity contribution in [2.24, 2.45) is 0 Å². The highest BCUT2D eigenvalue weighted by Crippen LogP contribution is 2.16. The molecular formula is C11H10BrClO. The maximum absolute atomic E-state index is 9.35. The van der Waals surface area contributed by atoms with E-state index >= 15 is 0 Å². The van der Waals surface area contributed by atoms with Gasteiger partial charge < -0.3 is 5.11 Å². The molecule has 1 aromatic rings. The molecule has 0 heterocycles. The van der Waals surface area contributed by atoms with Crippen molar-refractivity contribution in [1.29, 1.82) is 0 Å². The van der Waals surface area contributed by atoms with Gasteiger partial charge in [0.25, 0.3) is 0 Å². The highest BCUT2D eigenvalue weighted by atomic mass is 79.9. The molecule has 0 amide bonds. The van der Waals surface area contributed by atoms with Crippen molar-refractivity contribution in [3.8, 4) is 10.8 Å². The third kappa shape index (κ3) is 3.71. The van der Waals surface area contributed by atoms with Crippen LogP contribution >= 0.6 is 27.5 Å². The van der Waals surface area contributed by atoms with Crippen LogP contribution in [-0.4, -0.2) is 11.2 Å². The number of hydrogen-bond donors (Lipinski definition) is 1. The van der Waals surface area contributed by atoms with Crippen molar-refractivity contribution in [2.75, 3.05) is 0 Å². The van der Waals surface area contributed by atoms with Gasteiger partial charge in [-0.3, -0.25) is 0 Å². The van der Waals surface area contributed by atoms with Gasteiger partial charge in [0.15, 0.2) is 0 Å². The van der Waals surface area contributed by atoms with Crippen molar-refractivity contribution in [3.05, 3.63) is 34.9 Å². The standard InChI is InChI=1S/C11H10BrClO/c12-8-7-10(14)6-5-9-3-1-2-4-11(9)13/h1-4,10,14H,5-6H2. The Bertz CT molecular complexity index is 354. The van der Waals surface area contributed by atoms with Gasteiger partial charge in [-0.05, 0) is 29.3 Å². The molecule has 0 aliphatic heterocycles. The first kappa shape index (κ1) is 11.6. The summed E-state index contributed by atoms with van der Waals surface area (Å²) >= 11 is 8.90. The monoisotopic (exact) mass is 272 g/mol. The highest BCUT2D eigenvalue weighted by molar-refractivity contribution is 9.12. The summed E-state index contributed by atoms with van der Waals surface area (Å²) in [7, 11) is 0. The fourth-order valence-corrected chi connectivity index (χ4v) is 1.62. The summed E-state index contributed by atoms with van der Waals surface area (Å²) in [6.07, 6.45) is 0.746. The number of halogens is 2. The van der Waals surface area contributed by atoms with Crippen LogP contribution in [0.25, 0.3) is 0 Å². The van der Waals surface area contributed by atoms with E-state index in [1.807, 2.05) is 24.3 Å². The minimum absolute atomic E-state index is 0.592. The van der Waals surface area contributed by atoms with E-state index in [2.05, 4.69) is 26.7 Å². The minimum Gasteiger partial charge on any atom is -0.380 e. The molecule has 0 aliphatic rings. The van der Waals surface area contributed by atoms with Gasteiger partial charge in [-0.1, -0.05) is 35.7 Å². The smallest absolute Gasteiger partial charge is 0.115 e. The minimum atomic E-state index is -0.592. The molecule has 0 aromatic heterocycles. The summed E-state index contributed by atoms with van der Waals surface area (Å²) in [5.74, 6) is 2.61. The third-order valence-electron chi connectivity index (χ3n) is 1.87. The van der Waals surface area contributed by atoms with Gasteiger partial charge in [0.2, 0.25) is 0 Å². The maximum atomic E-state index is 9.35. The Morgan fingerprint density at radius 1 is 1.43 bits per heavy atom. The van der Waals surface area contributed by atoms with E-state index in [1.54, 1.807) is 0 Å². The van der Waals surface area contributed by atoms with Crippen LogP contribution in [-0.2, 0) is 6.42 Å². The molecule has 1 rings (SSSR count). The van der Waals surface area contributed by atoms with E-state index in [0.717, 1.165) is 17.0 Å². The second kappa shape index (κ2) is 6.08. The molecule has 14 heavy (non-hydrogen) atoms. The van der Waals surface area contributed by atoms with Crippen LogP contribution in [0, 0.1) is 10.8 Å². The predicted octanol–water partition coefficient (Wildman–Crippen LogP) is 2.99. The molecule has 1 N–H and O–H groups in total. The molecule has 0 radical (unpaired) electrons. The van der Waals surface area contributed by atoms with Crippen LogP contribution in [0.5, 0.6) is 0 Å². The number of rotatable bonds is 3. The zero-order chi connectivity index (χ0) is 10.4. The average molecular weight is 274 g/mol. The Hall–Kier alpha value is -0.490. The van der Waals surface area contributed by atoms with E-state index in [1.165, 1.54) is 0 Å². The zero-order valence-electron chi connectivity index (χ0n) is 7.50. The summed E-state index contributed by atoms with van der Waals surface area (Å²) in [6, 6.07) is 7.63. The second-order valence-corrected chi connectivity index (χ2v) is 3.69. The molecule has 0 saturated heterocycles. The SMILES string of the molecule is OC(C#CBr)CCc1ccccc1Cl. The lowest BCUT2D eigenvalue weighted by molar-refractivity contribution is 0.222. The first-order chi connectivity index (χ1) is 6.74. The van der Waals surface area contributed by atoms with E-state index < -0.39 is 6.10 Å². The molecule has 1 nitrogen and oxygen atoms in total. The summed E-state index contributed by atoms with van der Waals surface area (Å²) < 4.78 is 0. The Kier molecular flexibility index (Phi) is 5.03. The Morgan fingerprint density at radius 2 is 2.14 bits per heavy atom. The zero-order valence-corrected chi connectivity index (χ0v) is 9.85. The van der Waals surface area contributed by atoms with Crippen molar-refractivity contribution < 1.29 is 5.11 Å². The van der Waals surface area contributed by atoms with Gasteiger partial charge in [0, 0.05) is 21.0 Å². The van der Waals surface area contributed by atoms with Crippen LogP contribution in [0.15, 0.2) is 24.3 Å². The lowest BCUT2D eigenvalue weighted by Crippen LogP contribution is -2.04. The normalized spacial score (nSPS) is 11.6. The Morgan fingerprint density at radius 3 is 2.79 bits per heavy atom. The quantitative estimate of drug-likeness (QED) is 0.840. The van der Waals surface area contributed by atoms with Gasteiger partial charge >= 0.3 is 0 Å². The Balaban J connectivity index is 2.52. The summed E-state index contributed by atoms with van der Waals surface area (Å²) in [5, 5.41) is 10.1. The van der Waals surface area contributed by atoms with Crippen molar-refractivity contribution in [3.63, 3.8) is 0 Å². The molecule has 0 saturated carbocycles. The van der Waals surface area contributed by atoms with E-state index in [9.17, 15) is 5.11 Å². The average Bonchev–Trinajstić information content (AvgIpc) is 2.17. The van der Waals surface area contributed by atoms with Gasteiger partial charge in [-0.2, -0.15) is 0 Å². The van der Waals surface area contributed by atoms with Gasteiger partial charge in [-0.25, -0.2) is 0 Å². The molecule has 1 aromatic carbocycles. The lowest BCUT2D eigenvalue weighted by Gasteiger charge is -2.04. The van der Waals surface area contributed by atoms with Crippen LogP contribution < -0.4 is 0 Å². The molecule has 1 unspecified atom stereocenters. The number of hydrogen-bond acceptors (Lipinski definition) is 1. The largest absolute Gasteiger partial charge is 0.380 e. The fourth-order valence-electron chi connectivity index (χ4n) is 1.13. The van der Waals surface area contributed by atoms with Gasteiger partial charge in [-0.15, -0.1) is 0 Å². The van der Waals surface area contributed by atoms with Crippen LogP contribution in [0.3, 0.4) is 0 Å². The molecule has 74 valence electrons. The van der Waals surface area contributed by atoms with E-state index in [0.29, 0.717) is 6.42 Å². The number of aliphatic hydroxyl groups is 1. The number of aryl methyl sites for hydroxylation is 1. The second-order valence-electron chi connectivity index (χ2n) is 2.88. The van der Waals surface area contributed by atoms with Crippen molar-refractivity contribution in [1.82, 2.24) is 0 Å². The molecule has 0 aliphatic carbocycles. The van der Waals surface area contributed by atoms with E-state index in [-0.39, 0.29) is 0 Å². The lowest BCUT2D eigenvalue weighted by atomic mass is 10.1. The number of aliphatic hydroxyl groups excluding tert-OH is 1. The molecule has 1 atom stereocenters. The number of benzene rings is 1. The van der Waals surface area contributed by atoms with Crippen LogP contribution in [0.2, 0.25) is 5.02 Å². The molecule has 0 fully saturated rings. The first-order valence-corrected chi connectivity index (χ1v) is 5.43. The summed E-state index contributed by atoms with van der Waals surface area (Å²) in [5.41, 5.74) is 1.05.